The summed E-state index contributed by atoms with van der Waals surface area (Å²) in [6.45, 7) is 4.07. The smallest absolute Gasteiger partial charge is 0.309 e. The third-order valence-electron chi connectivity index (χ3n) is 3.32. The Kier molecular flexibility index (Phi) is 5.68. The summed E-state index contributed by atoms with van der Waals surface area (Å²) in [7, 11) is 5.16. The molecule has 0 bridgehead atoms. The molecule has 2 rings (SSSR count). The van der Waals surface area contributed by atoms with Crippen LogP contribution in [0.1, 0.15) is 31.2 Å². The number of ether oxygens (including phenoxy) is 1. The first-order chi connectivity index (χ1) is 11.4. The fourth-order valence-electron chi connectivity index (χ4n) is 2.02. The summed E-state index contributed by atoms with van der Waals surface area (Å²) >= 11 is 0. The van der Waals surface area contributed by atoms with Crippen molar-refractivity contribution in [3.8, 4) is 0 Å². The number of hydrogen-bond acceptors (Lipinski definition) is 7. The van der Waals surface area contributed by atoms with Crippen molar-refractivity contribution in [2.75, 3.05) is 31.4 Å². The SMILES string of the molecule is COC(=O)Cc1cccc(Nc2nc(C(C)C)nc(N(C)C)n2)c1. The minimum absolute atomic E-state index is 0.193. The van der Waals surface area contributed by atoms with Gasteiger partial charge in [0.05, 0.1) is 13.5 Å². The van der Waals surface area contributed by atoms with Gasteiger partial charge >= 0.3 is 5.97 Å². The van der Waals surface area contributed by atoms with Gasteiger partial charge in [-0.3, -0.25) is 4.79 Å². The molecule has 1 N–H and O–H groups in total. The lowest BCUT2D eigenvalue weighted by molar-refractivity contribution is -0.139. The molecule has 0 unspecified atom stereocenters. The van der Waals surface area contributed by atoms with E-state index in [1.54, 1.807) is 0 Å². The van der Waals surface area contributed by atoms with Crippen molar-refractivity contribution in [1.82, 2.24) is 15.0 Å². The summed E-state index contributed by atoms with van der Waals surface area (Å²) in [6.07, 6.45) is 0.226. The van der Waals surface area contributed by atoms with Crippen LogP contribution in [0.15, 0.2) is 24.3 Å². The topological polar surface area (TPSA) is 80.2 Å². The van der Waals surface area contributed by atoms with Gasteiger partial charge < -0.3 is 15.0 Å². The second-order valence-corrected chi connectivity index (χ2v) is 5.94. The zero-order chi connectivity index (χ0) is 17.7. The van der Waals surface area contributed by atoms with E-state index in [4.69, 9.17) is 4.74 Å². The van der Waals surface area contributed by atoms with Crippen molar-refractivity contribution < 1.29 is 9.53 Å². The number of carbonyl (C=O) groups excluding carboxylic acids is 1. The van der Waals surface area contributed by atoms with Gasteiger partial charge in [0.15, 0.2) is 0 Å². The molecule has 1 aromatic heterocycles. The van der Waals surface area contributed by atoms with Gasteiger partial charge in [0.2, 0.25) is 11.9 Å². The molecule has 0 saturated heterocycles. The number of nitrogens with zero attached hydrogens (tertiary/aromatic N) is 4. The molecule has 0 fully saturated rings. The van der Waals surface area contributed by atoms with Gasteiger partial charge in [0.1, 0.15) is 5.82 Å². The highest BCUT2D eigenvalue weighted by molar-refractivity contribution is 5.73. The van der Waals surface area contributed by atoms with Gasteiger partial charge in [-0.05, 0) is 17.7 Å². The van der Waals surface area contributed by atoms with Crippen molar-refractivity contribution in [1.29, 1.82) is 0 Å². The monoisotopic (exact) mass is 329 g/mol. The lowest BCUT2D eigenvalue weighted by atomic mass is 10.1. The number of rotatable bonds is 6. The van der Waals surface area contributed by atoms with Crippen molar-refractivity contribution in [3.63, 3.8) is 0 Å². The normalized spacial score (nSPS) is 10.6. The van der Waals surface area contributed by atoms with E-state index < -0.39 is 0 Å². The molecule has 0 saturated carbocycles. The Balaban J connectivity index is 2.27. The van der Waals surface area contributed by atoms with E-state index >= 15 is 0 Å². The molecule has 1 heterocycles. The van der Waals surface area contributed by atoms with Crippen molar-refractivity contribution in [2.45, 2.75) is 26.2 Å². The first-order valence-corrected chi connectivity index (χ1v) is 7.75. The van der Waals surface area contributed by atoms with Crippen LogP contribution >= 0.6 is 0 Å². The average molecular weight is 329 g/mol. The van der Waals surface area contributed by atoms with E-state index in [9.17, 15) is 4.79 Å². The van der Waals surface area contributed by atoms with Gasteiger partial charge in [-0.15, -0.1) is 0 Å². The molecule has 7 nitrogen and oxygen atoms in total. The number of hydrogen-bond donors (Lipinski definition) is 1. The highest BCUT2D eigenvalue weighted by Gasteiger charge is 2.11. The Morgan fingerprint density at radius 1 is 1.25 bits per heavy atom. The number of methoxy groups -OCH3 is 1. The number of benzene rings is 1. The second-order valence-electron chi connectivity index (χ2n) is 5.94. The number of carbonyl (C=O) groups is 1. The van der Waals surface area contributed by atoms with Crippen LogP contribution in [0.5, 0.6) is 0 Å². The molecule has 7 heteroatoms. The predicted octanol–water partition coefficient (Wildman–Crippen LogP) is 2.52. The van der Waals surface area contributed by atoms with E-state index in [1.807, 2.05) is 57.1 Å². The Morgan fingerprint density at radius 2 is 2.00 bits per heavy atom. The fraction of sp³-hybridized carbons (Fsp3) is 0.412. The first-order valence-electron chi connectivity index (χ1n) is 7.75. The van der Waals surface area contributed by atoms with E-state index in [2.05, 4.69) is 20.3 Å². The van der Waals surface area contributed by atoms with Crippen LogP contribution in [0.25, 0.3) is 0 Å². The van der Waals surface area contributed by atoms with E-state index in [-0.39, 0.29) is 18.3 Å². The quantitative estimate of drug-likeness (QED) is 0.816. The zero-order valence-electron chi connectivity index (χ0n) is 14.7. The molecule has 0 aliphatic heterocycles. The highest BCUT2D eigenvalue weighted by atomic mass is 16.5. The molecule has 1 aromatic carbocycles. The van der Waals surface area contributed by atoms with Crippen LogP contribution in [-0.4, -0.2) is 42.1 Å². The summed E-state index contributed by atoms with van der Waals surface area (Å²) in [6, 6.07) is 7.53. The molecule has 24 heavy (non-hydrogen) atoms. The van der Waals surface area contributed by atoms with Crippen molar-refractivity contribution in [3.05, 3.63) is 35.7 Å². The number of anilines is 3. The van der Waals surface area contributed by atoms with E-state index in [0.717, 1.165) is 17.1 Å². The van der Waals surface area contributed by atoms with Gasteiger partial charge in [0.25, 0.3) is 0 Å². The predicted molar refractivity (Wildman–Crippen MR) is 93.7 cm³/mol. The molecular formula is C17H23N5O2. The largest absolute Gasteiger partial charge is 0.469 e. The number of nitrogens with one attached hydrogen (secondary N) is 1. The average Bonchev–Trinajstić information content (AvgIpc) is 2.54. The molecule has 0 atom stereocenters. The maximum absolute atomic E-state index is 11.4. The van der Waals surface area contributed by atoms with E-state index in [0.29, 0.717) is 11.9 Å². The maximum Gasteiger partial charge on any atom is 0.309 e. The van der Waals surface area contributed by atoms with Crippen LogP contribution in [-0.2, 0) is 16.0 Å². The van der Waals surface area contributed by atoms with E-state index in [1.165, 1.54) is 7.11 Å². The van der Waals surface area contributed by atoms with Crippen LogP contribution in [0.3, 0.4) is 0 Å². The Hall–Kier alpha value is -2.70. The van der Waals surface area contributed by atoms with Gasteiger partial charge in [-0.2, -0.15) is 15.0 Å². The fourth-order valence-corrected chi connectivity index (χ4v) is 2.02. The van der Waals surface area contributed by atoms with Gasteiger partial charge in [-0.1, -0.05) is 26.0 Å². The minimum atomic E-state index is -0.274. The third kappa shape index (κ3) is 4.65. The van der Waals surface area contributed by atoms with Gasteiger partial charge in [0, 0.05) is 25.7 Å². The van der Waals surface area contributed by atoms with Crippen LogP contribution in [0.2, 0.25) is 0 Å². The molecule has 0 amide bonds. The molecule has 0 aliphatic carbocycles. The first kappa shape index (κ1) is 17.7. The number of esters is 1. The number of aromatic nitrogens is 3. The van der Waals surface area contributed by atoms with Crippen LogP contribution in [0.4, 0.5) is 17.6 Å². The summed E-state index contributed by atoms with van der Waals surface area (Å²) < 4.78 is 4.70. The summed E-state index contributed by atoms with van der Waals surface area (Å²) in [4.78, 5) is 26.6. The molecule has 0 aliphatic rings. The molecule has 0 radical (unpaired) electrons. The minimum Gasteiger partial charge on any atom is -0.469 e. The van der Waals surface area contributed by atoms with Gasteiger partial charge in [-0.25, -0.2) is 0 Å². The zero-order valence-corrected chi connectivity index (χ0v) is 14.7. The Labute approximate surface area is 142 Å². The molecular weight excluding hydrogens is 306 g/mol. The molecule has 0 spiro atoms. The van der Waals surface area contributed by atoms with Crippen molar-refractivity contribution >= 4 is 23.6 Å². The summed E-state index contributed by atoms with van der Waals surface area (Å²) in [5.74, 6) is 1.72. The lowest BCUT2D eigenvalue weighted by Gasteiger charge is -2.15. The summed E-state index contributed by atoms with van der Waals surface area (Å²) in [5.41, 5.74) is 1.67. The lowest BCUT2D eigenvalue weighted by Crippen LogP contribution is -2.16. The Morgan fingerprint density at radius 3 is 2.62 bits per heavy atom. The van der Waals surface area contributed by atoms with Crippen molar-refractivity contribution in [2.24, 2.45) is 0 Å². The molecule has 2 aromatic rings. The maximum atomic E-state index is 11.4. The summed E-state index contributed by atoms with van der Waals surface area (Å²) in [5, 5.41) is 3.19. The van der Waals surface area contributed by atoms with Crippen LogP contribution < -0.4 is 10.2 Å². The molecule has 128 valence electrons. The second kappa shape index (κ2) is 7.72. The highest BCUT2D eigenvalue weighted by Crippen LogP contribution is 2.19. The standard InChI is InChI=1S/C17H23N5O2/c1-11(2)15-19-16(21-17(20-15)22(3)4)18-13-8-6-7-12(9-13)10-14(23)24-5/h6-9,11H,10H2,1-5H3,(H,18,19,20,21). The van der Waals surface area contributed by atoms with Crippen LogP contribution in [0, 0.1) is 0 Å². The third-order valence-corrected chi connectivity index (χ3v) is 3.32. The Bertz CT molecular complexity index is 690.